The van der Waals surface area contributed by atoms with E-state index in [1.54, 1.807) is 12.3 Å². The van der Waals surface area contributed by atoms with Gasteiger partial charge in [-0.15, -0.1) is 11.3 Å². The molecule has 0 aliphatic carbocycles. The van der Waals surface area contributed by atoms with Gasteiger partial charge in [-0.1, -0.05) is 12.1 Å². The average molecular weight is 363 g/mol. The molecule has 2 bridgehead atoms. The van der Waals surface area contributed by atoms with Crippen LogP contribution in [0.25, 0.3) is 11.1 Å². The van der Waals surface area contributed by atoms with E-state index >= 15 is 0 Å². The van der Waals surface area contributed by atoms with Crippen molar-refractivity contribution in [3.8, 4) is 11.1 Å². The maximum atomic E-state index is 12.6. The standard InChI is InChI=1S/C21H21N3OS/c25-20-6-5-19(16-3-1-7-22-10-16)21-17-9-15(12-24(20)21)11-23(13-17)14-18-4-2-8-26-18/h1-8,10,15,17H,9,11-14H2/t15-,17+/m0/s1. The molecule has 3 aromatic heterocycles. The Hall–Kier alpha value is -2.24. The van der Waals surface area contributed by atoms with Gasteiger partial charge in [0.1, 0.15) is 0 Å². The van der Waals surface area contributed by atoms with Crippen LogP contribution in [-0.4, -0.2) is 27.5 Å². The minimum absolute atomic E-state index is 0.133. The molecule has 4 nitrogen and oxygen atoms in total. The second-order valence-electron chi connectivity index (χ2n) is 7.39. The predicted molar refractivity (Wildman–Crippen MR) is 104 cm³/mol. The average Bonchev–Trinajstić information content (AvgIpc) is 3.16. The summed E-state index contributed by atoms with van der Waals surface area (Å²) in [4.78, 5) is 20.8. The minimum atomic E-state index is 0.133. The molecule has 2 aliphatic heterocycles. The molecule has 0 aromatic carbocycles. The third kappa shape index (κ3) is 2.81. The van der Waals surface area contributed by atoms with Gasteiger partial charge in [-0.2, -0.15) is 0 Å². The van der Waals surface area contributed by atoms with Crippen LogP contribution in [0.1, 0.15) is 22.9 Å². The highest BCUT2D eigenvalue weighted by atomic mass is 32.1. The Morgan fingerprint density at radius 1 is 1.12 bits per heavy atom. The van der Waals surface area contributed by atoms with Crippen LogP contribution in [0.5, 0.6) is 0 Å². The number of likely N-dealkylation sites (tertiary alicyclic amines) is 1. The Morgan fingerprint density at radius 3 is 2.88 bits per heavy atom. The molecule has 1 fully saturated rings. The molecular formula is C21H21N3OS. The fourth-order valence-electron chi connectivity index (χ4n) is 4.63. The molecule has 5 heteroatoms. The van der Waals surface area contributed by atoms with Gasteiger partial charge in [-0.25, -0.2) is 0 Å². The summed E-state index contributed by atoms with van der Waals surface area (Å²) >= 11 is 1.83. The number of hydrogen-bond donors (Lipinski definition) is 0. The van der Waals surface area contributed by atoms with Crippen molar-refractivity contribution in [2.45, 2.75) is 25.4 Å². The van der Waals surface area contributed by atoms with Crippen molar-refractivity contribution in [1.82, 2.24) is 14.5 Å². The molecule has 2 atom stereocenters. The molecule has 1 saturated heterocycles. The lowest BCUT2D eigenvalue weighted by molar-refractivity contribution is 0.115. The number of thiophene rings is 1. The third-order valence-electron chi connectivity index (χ3n) is 5.60. The first-order valence-corrected chi connectivity index (χ1v) is 10.0. The molecule has 132 valence electrons. The van der Waals surface area contributed by atoms with E-state index in [2.05, 4.69) is 33.5 Å². The van der Waals surface area contributed by atoms with E-state index in [9.17, 15) is 4.79 Å². The van der Waals surface area contributed by atoms with Crippen LogP contribution in [0.3, 0.4) is 0 Å². The number of pyridine rings is 2. The van der Waals surface area contributed by atoms with Gasteiger partial charge < -0.3 is 4.57 Å². The van der Waals surface area contributed by atoms with Gasteiger partial charge >= 0.3 is 0 Å². The van der Waals surface area contributed by atoms with Crippen LogP contribution >= 0.6 is 11.3 Å². The van der Waals surface area contributed by atoms with Gasteiger partial charge in [-0.3, -0.25) is 14.7 Å². The van der Waals surface area contributed by atoms with Crippen molar-refractivity contribution in [2.24, 2.45) is 5.92 Å². The van der Waals surface area contributed by atoms with Crippen molar-refractivity contribution >= 4 is 11.3 Å². The smallest absolute Gasteiger partial charge is 0.250 e. The van der Waals surface area contributed by atoms with Gasteiger partial charge in [-0.05, 0) is 35.9 Å². The van der Waals surface area contributed by atoms with Gasteiger partial charge in [0.15, 0.2) is 0 Å². The van der Waals surface area contributed by atoms with Crippen molar-refractivity contribution in [1.29, 1.82) is 0 Å². The number of hydrogen-bond acceptors (Lipinski definition) is 4. The van der Waals surface area contributed by atoms with E-state index in [0.717, 1.165) is 31.7 Å². The molecule has 5 rings (SSSR count). The van der Waals surface area contributed by atoms with Gasteiger partial charge in [0, 0.05) is 72.3 Å². The molecule has 0 radical (unpaired) electrons. The maximum Gasteiger partial charge on any atom is 0.250 e. The van der Waals surface area contributed by atoms with Crippen molar-refractivity contribution < 1.29 is 0 Å². The lowest BCUT2D eigenvalue weighted by Crippen LogP contribution is -2.46. The second kappa shape index (κ2) is 6.49. The zero-order valence-electron chi connectivity index (χ0n) is 14.5. The monoisotopic (exact) mass is 363 g/mol. The van der Waals surface area contributed by atoms with E-state index in [-0.39, 0.29) is 5.56 Å². The van der Waals surface area contributed by atoms with Crippen LogP contribution in [0.15, 0.2) is 59.0 Å². The number of piperidine rings is 1. The van der Waals surface area contributed by atoms with E-state index in [4.69, 9.17) is 0 Å². The molecule has 0 spiro atoms. The maximum absolute atomic E-state index is 12.6. The molecule has 26 heavy (non-hydrogen) atoms. The fraction of sp³-hybridized carbons (Fsp3) is 0.333. The van der Waals surface area contributed by atoms with Gasteiger partial charge in [0.2, 0.25) is 0 Å². The normalized spacial score (nSPS) is 22.2. The molecular weight excluding hydrogens is 342 g/mol. The summed E-state index contributed by atoms with van der Waals surface area (Å²) in [7, 11) is 0. The summed E-state index contributed by atoms with van der Waals surface area (Å²) in [5, 5.41) is 2.15. The van der Waals surface area contributed by atoms with Crippen molar-refractivity contribution in [2.75, 3.05) is 13.1 Å². The van der Waals surface area contributed by atoms with E-state index in [1.807, 2.05) is 34.2 Å². The SMILES string of the molecule is O=c1ccc(-c2cccnc2)c2n1C[C@H]1C[C@@H]2CN(Cc2cccs2)C1. The van der Waals surface area contributed by atoms with Crippen molar-refractivity contribution in [3.05, 3.63) is 75.1 Å². The Kier molecular flexibility index (Phi) is 3.98. The summed E-state index contributed by atoms with van der Waals surface area (Å²) in [6, 6.07) is 12.1. The highest BCUT2D eigenvalue weighted by Crippen LogP contribution is 2.40. The third-order valence-corrected chi connectivity index (χ3v) is 6.46. The molecule has 3 aromatic rings. The first kappa shape index (κ1) is 16.0. The quantitative estimate of drug-likeness (QED) is 0.714. The lowest BCUT2D eigenvalue weighted by Gasteiger charge is -2.43. The lowest BCUT2D eigenvalue weighted by atomic mass is 9.80. The fourth-order valence-corrected chi connectivity index (χ4v) is 5.38. The van der Waals surface area contributed by atoms with E-state index in [1.165, 1.54) is 22.6 Å². The van der Waals surface area contributed by atoms with Crippen molar-refractivity contribution in [3.63, 3.8) is 0 Å². The highest BCUT2D eigenvalue weighted by molar-refractivity contribution is 7.09. The first-order valence-electron chi connectivity index (χ1n) is 9.17. The number of aromatic nitrogens is 2. The molecule has 0 unspecified atom stereocenters. The Bertz CT molecular complexity index is 965. The first-order chi connectivity index (χ1) is 12.8. The number of nitrogens with zero attached hydrogens (tertiary/aromatic N) is 3. The summed E-state index contributed by atoms with van der Waals surface area (Å²) in [6.45, 7) is 3.95. The molecule has 0 amide bonds. The Labute approximate surface area is 156 Å². The van der Waals surface area contributed by atoms with Crippen LogP contribution in [0.4, 0.5) is 0 Å². The number of fused-ring (bicyclic) bond motifs is 4. The predicted octanol–water partition coefficient (Wildman–Crippen LogP) is 3.59. The zero-order valence-corrected chi connectivity index (χ0v) is 15.4. The largest absolute Gasteiger partial charge is 0.311 e. The summed E-state index contributed by atoms with van der Waals surface area (Å²) in [6.07, 6.45) is 4.88. The Balaban J connectivity index is 1.54. The summed E-state index contributed by atoms with van der Waals surface area (Å²) in [5.41, 5.74) is 3.61. The number of rotatable bonds is 3. The van der Waals surface area contributed by atoms with Crippen LogP contribution in [0, 0.1) is 5.92 Å². The summed E-state index contributed by atoms with van der Waals surface area (Å²) < 4.78 is 2.03. The second-order valence-corrected chi connectivity index (χ2v) is 8.43. The van der Waals surface area contributed by atoms with E-state index in [0.29, 0.717) is 11.8 Å². The molecule has 2 aliphatic rings. The highest BCUT2D eigenvalue weighted by Gasteiger charge is 2.36. The topological polar surface area (TPSA) is 38.1 Å². The van der Waals surface area contributed by atoms with E-state index < -0.39 is 0 Å². The molecule has 0 saturated carbocycles. The zero-order chi connectivity index (χ0) is 17.5. The summed E-state index contributed by atoms with van der Waals surface area (Å²) in [5.74, 6) is 0.967. The van der Waals surface area contributed by atoms with Crippen LogP contribution in [0.2, 0.25) is 0 Å². The van der Waals surface area contributed by atoms with Gasteiger partial charge in [0.05, 0.1) is 0 Å². The minimum Gasteiger partial charge on any atom is -0.311 e. The van der Waals surface area contributed by atoms with Crippen LogP contribution < -0.4 is 5.56 Å². The molecule has 5 heterocycles. The van der Waals surface area contributed by atoms with Gasteiger partial charge in [0.25, 0.3) is 5.56 Å². The van der Waals surface area contributed by atoms with Crippen LogP contribution in [-0.2, 0) is 13.1 Å². The molecule has 0 N–H and O–H groups in total. The Morgan fingerprint density at radius 2 is 2.08 bits per heavy atom.